The van der Waals surface area contributed by atoms with Gasteiger partial charge in [-0.15, -0.1) is 0 Å². The molecule has 0 spiro atoms. The van der Waals surface area contributed by atoms with Crippen LogP contribution in [0.15, 0.2) is 12.1 Å². The van der Waals surface area contributed by atoms with Gasteiger partial charge >= 0.3 is 0 Å². The first-order chi connectivity index (χ1) is 7.59. The predicted molar refractivity (Wildman–Crippen MR) is 66.8 cm³/mol. The lowest BCUT2D eigenvalue weighted by Gasteiger charge is -2.21. The standard InChI is InChI=1S/C13H18ClNO/c1-8-6-10(11(14)7-9(8)2)13(15)12-4-3-5-16-12/h6-7,12-13H,3-5,15H2,1-2H3. The predicted octanol–water partition coefficient (Wildman–Crippen LogP) is 3.14. The van der Waals surface area contributed by atoms with Gasteiger partial charge in [-0.05, 0) is 49.4 Å². The topological polar surface area (TPSA) is 35.2 Å². The second kappa shape index (κ2) is 4.74. The van der Waals surface area contributed by atoms with Gasteiger partial charge in [0.1, 0.15) is 0 Å². The van der Waals surface area contributed by atoms with Crippen LogP contribution >= 0.6 is 11.6 Å². The van der Waals surface area contributed by atoms with Gasteiger partial charge in [-0.2, -0.15) is 0 Å². The smallest absolute Gasteiger partial charge is 0.0769 e. The van der Waals surface area contributed by atoms with E-state index in [9.17, 15) is 0 Å². The monoisotopic (exact) mass is 239 g/mol. The summed E-state index contributed by atoms with van der Waals surface area (Å²) in [4.78, 5) is 0. The van der Waals surface area contributed by atoms with Crippen molar-refractivity contribution < 1.29 is 4.74 Å². The summed E-state index contributed by atoms with van der Waals surface area (Å²) in [5.41, 5.74) is 9.65. The summed E-state index contributed by atoms with van der Waals surface area (Å²) in [6, 6.07) is 3.97. The molecule has 16 heavy (non-hydrogen) atoms. The van der Waals surface area contributed by atoms with Gasteiger partial charge in [-0.3, -0.25) is 0 Å². The number of ether oxygens (including phenoxy) is 1. The molecule has 2 N–H and O–H groups in total. The summed E-state index contributed by atoms with van der Waals surface area (Å²) in [6.45, 7) is 4.96. The summed E-state index contributed by atoms with van der Waals surface area (Å²) in [7, 11) is 0. The van der Waals surface area contributed by atoms with Crippen molar-refractivity contribution in [3.63, 3.8) is 0 Å². The van der Waals surface area contributed by atoms with Crippen LogP contribution in [0.3, 0.4) is 0 Å². The van der Waals surface area contributed by atoms with Crippen LogP contribution in [-0.2, 0) is 4.74 Å². The van der Waals surface area contributed by atoms with Gasteiger partial charge in [0, 0.05) is 11.6 Å². The van der Waals surface area contributed by atoms with E-state index in [1.807, 2.05) is 6.07 Å². The normalized spacial score (nSPS) is 22.4. The fourth-order valence-electron chi connectivity index (χ4n) is 2.14. The van der Waals surface area contributed by atoms with E-state index in [1.54, 1.807) is 0 Å². The number of hydrogen-bond donors (Lipinski definition) is 1. The zero-order chi connectivity index (χ0) is 11.7. The van der Waals surface area contributed by atoms with Crippen LogP contribution in [-0.4, -0.2) is 12.7 Å². The zero-order valence-electron chi connectivity index (χ0n) is 9.79. The molecule has 88 valence electrons. The molecule has 2 rings (SSSR count). The molecule has 0 aliphatic carbocycles. The maximum atomic E-state index is 6.24. The van der Waals surface area contributed by atoms with Crippen LogP contribution in [0, 0.1) is 13.8 Å². The molecular weight excluding hydrogens is 222 g/mol. The maximum absolute atomic E-state index is 6.24. The minimum atomic E-state index is -0.103. The average Bonchev–Trinajstić information content (AvgIpc) is 2.75. The number of rotatable bonds is 2. The Balaban J connectivity index is 2.28. The second-order valence-corrected chi connectivity index (χ2v) is 4.94. The highest BCUT2D eigenvalue weighted by molar-refractivity contribution is 6.31. The van der Waals surface area contributed by atoms with Crippen LogP contribution in [0.5, 0.6) is 0 Å². The van der Waals surface area contributed by atoms with Crippen LogP contribution in [0.25, 0.3) is 0 Å². The highest BCUT2D eigenvalue weighted by Gasteiger charge is 2.25. The molecule has 1 saturated heterocycles. The van der Waals surface area contributed by atoms with Crippen LogP contribution in [0.1, 0.15) is 35.6 Å². The Labute approximate surface area is 102 Å². The van der Waals surface area contributed by atoms with Crippen LogP contribution in [0.4, 0.5) is 0 Å². The van der Waals surface area contributed by atoms with E-state index < -0.39 is 0 Å². The average molecular weight is 240 g/mol. The van der Waals surface area contributed by atoms with Crippen LogP contribution < -0.4 is 5.73 Å². The first kappa shape index (κ1) is 11.9. The van der Waals surface area contributed by atoms with Crippen molar-refractivity contribution in [1.29, 1.82) is 0 Å². The Kier molecular flexibility index (Phi) is 3.53. The Hall–Kier alpha value is -0.570. The van der Waals surface area contributed by atoms with Gasteiger partial charge in [0.25, 0.3) is 0 Å². The quantitative estimate of drug-likeness (QED) is 0.861. The van der Waals surface area contributed by atoms with E-state index in [1.165, 1.54) is 11.1 Å². The van der Waals surface area contributed by atoms with Crippen molar-refractivity contribution in [3.8, 4) is 0 Å². The molecule has 2 atom stereocenters. The maximum Gasteiger partial charge on any atom is 0.0769 e. The van der Waals surface area contributed by atoms with E-state index in [-0.39, 0.29) is 12.1 Å². The number of aryl methyl sites for hydroxylation is 2. The van der Waals surface area contributed by atoms with E-state index in [4.69, 9.17) is 22.1 Å². The molecule has 1 aromatic carbocycles. The Morgan fingerprint density at radius 3 is 2.69 bits per heavy atom. The zero-order valence-corrected chi connectivity index (χ0v) is 10.6. The third-order valence-electron chi connectivity index (χ3n) is 3.34. The van der Waals surface area contributed by atoms with E-state index in [0.717, 1.165) is 30.0 Å². The van der Waals surface area contributed by atoms with Crippen molar-refractivity contribution >= 4 is 11.6 Å². The summed E-state index contributed by atoms with van der Waals surface area (Å²) >= 11 is 6.24. The van der Waals surface area contributed by atoms with Gasteiger partial charge in [0.05, 0.1) is 12.1 Å². The van der Waals surface area contributed by atoms with Crippen molar-refractivity contribution in [1.82, 2.24) is 0 Å². The van der Waals surface area contributed by atoms with Gasteiger partial charge in [-0.1, -0.05) is 17.7 Å². The molecule has 0 amide bonds. The molecule has 3 heteroatoms. The molecule has 2 unspecified atom stereocenters. The minimum absolute atomic E-state index is 0.103. The molecule has 2 nitrogen and oxygen atoms in total. The minimum Gasteiger partial charge on any atom is -0.376 e. The first-order valence-electron chi connectivity index (χ1n) is 5.73. The van der Waals surface area contributed by atoms with Crippen molar-refractivity contribution in [2.24, 2.45) is 5.73 Å². The third kappa shape index (κ3) is 2.24. The molecule has 1 aromatic rings. The van der Waals surface area contributed by atoms with Crippen molar-refractivity contribution in [3.05, 3.63) is 33.8 Å². The number of benzene rings is 1. The fourth-order valence-corrected chi connectivity index (χ4v) is 2.49. The summed E-state index contributed by atoms with van der Waals surface area (Å²) in [6.07, 6.45) is 2.25. The molecule has 0 aromatic heterocycles. The Morgan fingerprint density at radius 1 is 1.38 bits per heavy atom. The van der Waals surface area contributed by atoms with E-state index in [0.29, 0.717) is 0 Å². The molecular formula is C13H18ClNO. The second-order valence-electron chi connectivity index (χ2n) is 4.54. The Morgan fingerprint density at radius 2 is 2.06 bits per heavy atom. The molecule has 1 heterocycles. The lowest BCUT2D eigenvalue weighted by Crippen LogP contribution is -2.26. The number of hydrogen-bond acceptors (Lipinski definition) is 2. The van der Waals surface area contributed by atoms with Gasteiger partial charge < -0.3 is 10.5 Å². The Bertz CT molecular complexity index is 386. The molecule has 1 aliphatic heterocycles. The van der Waals surface area contributed by atoms with Crippen LogP contribution in [0.2, 0.25) is 5.02 Å². The summed E-state index contributed by atoms with van der Waals surface area (Å²) in [5, 5.41) is 0.756. The van der Waals surface area contributed by atoms with E-state index >= 15 is 0 Å². The molecule has 0 saturated carbocycles. The molecule has 1 aliphatic rings. The van der Waals surface area contributed by atoms with Gasteiger partial charge in [0.15, 0.2) is 0 Å². The van der Waals surface area contributed by atoms with Gasteiger partial charge in [0.2, 0.25) is 0 Å². The van der Waals surface area contributed by atoms with Crippen molar-refractivity contribution in [2.75, 3.05) is 6.61 Å². The number of nitrogens with two attached hydrogens (primary N) is 1. The molecule has 0 radical (unpaired) electrons. The highest BCUT2D eigenvalue weighted by Crippen LogP contribution is 2.31. The van der Waals surface area contributed by atoms with Gasteiger partial charge in [-0.25, -0.2) is 0 Å². The fraction of sp³-hybridized carbons (Fsp3) is 0.538. The first-order valence-corrected chi connectivity index (χ1v) is 6.11. The lowest BCUT2D eigenvalue weighted by atomic mass is 9.96. The SMILES string of the molecule is Cc1cc(Cl)c(C(N)C2CCCO2)cc1C. The summed E-state index contributed by atoms with van der Waals surface area (Å²) in [5.74, 6) is 0. The lowest BCUT2D eigenvalue weighted by molar-refractivity contribution is 0.0900. The summed E-state index contributed by atoms with van der Waals surface area (Å²) < 4.78 is 5.61. The van der Waals surface area contributed by atoms with Crippen molar-refractivity contribution in [2.45, 2.75) is 38.8 Å². The molecule has 0 bridgehead atoms. The number of halogens is 1. The van der Waals surface area contributed by atoms with E-state index in [2.05, 4.69) is 19.9 Å². The highest BCUT2D eigenvalue weighted by atomic mass is 35.5. The third-order valence-corrected chi connectivity index (χ3v) is 3.66. The largest absolute Gasteiger partial charge is 0.376 e. The molecule has 1 fully saturated rings.